The van der Waals surface area contributed by atoms with Crippen LogP contribution in [-0.2, 0) is 6.54 Å². The van der Waals surface area contributed by atoms with Gasteiger partial charge in [0, 0.05) is 18.6 Å². The molecule has 0 amide bonds. The van der Waals surface area contributed by atoms with Gasteiger partial charge in [0.15, 0.2) is 5.82 Å². The highest BCUT2D eigenvalue weighted by Gasteiger charge is 2.28. The summed E-state index contributed by atoms with van der Waals surface area (Å²) < 4.78 is 1.83. The maximum Gasteiger partial charge on any atom is 0.170 e. The van der Waals surface area contributed by atoms with E-state index in [0.29, 0.717) is 0 Å². The molecule has 2 aromatic rings. The zero-order chi connectivity index (χ0) is 14.7. The van der Waals surface area contributed by atoms with Crippen molar-refractivity contribution >= 4 is 0 Å². The van der Waals surface area contributed by atoms with Crippen molar-refractivity contribution in [2.75, 3.05) is 20.1 Å². The molecule has 2 heterocycles. The van der Waals surface area contributed by atoms with Gasteiger partial charge in [0.25, 0.3) is 0 Å². The summed E-state index contributed by atoms with van der Waals surface area (Å²) >= 11 is 0. The average Bonchev–Trinajstić information content (AvgIpc) is 2.99. The molecule has 0 saturated carbocycles. The number of piperidine rings is 1. The third-order valence-electron chi connectivity index (χ3n) is 4.46. The normalized spacial score (nSPS) is 18.8. The Balaban J connectivity index is 1.69. The van der Waals surface area contributed by atoms with Gasteiger partial charge in [0.05, 0.1) is 12.2 Å². The number of likely N-dealkylation sites (tertiary alicyclic amines) is 1. The number of rotatable bonds is 4. The standard InChI is InChI=1S/C15H22N6/c1-15(16-2)8-10-20(11-9-15)12-14-17-18-19-21(14)13-6-4-3-5-7-13/h3-7,16H,8-12H2,1-2H3. The summed E-state index contributed by atoms with van der Waals surface area (Å²) in [6.45, 7) is 5.22. The van der Waals surface area contributed by atoms with E-state index in [9.17, 15) is 0 Å². The van der Waals surface area contributed by atoms with Crippen molar-refractivity contribution in [2.24, 2.45) is 0 Å². The van der Waals surface area contributed by atoms with Crippen LogP contribution in [0.5, 0.6) is 0 Å². The van der Waals surface area contributed by atoms with E-state index in [2.05, 4.69) is 32.7 Å². The zero-order valence-electron chi connectivity index (χ0n) is 12.7. The van der Waals surface area contributed by atoms with Crippen LogP contribution in [-0.4, -0.2) is 50.8 Å². The van der Waals surface area contributed by atoms with E-state index < -0.39 is 0 Å². The first-order valence-electron chi connectivity index (χ1n) is 7.44. The van der Waals surface area contributed by atoms with Crippen LogP contribution in [0.2, 0.25) is 0 Å². The fraction of sp³-hybridized carbons (Fsp3) is 0.533. The molecule has 6 heteroatoms. The minimum absolute atomic E-state index is 0.266. The Hall–Kier alpha value is -1.79. The molecule has 1 saturated heterocycles. The number of para-hydroxylation sites is 1. The van der Waals surface area contributed by atoms with Gasteiger partial charge in [-0.1, -0.05) is 18.2 Å². The largest absolute Gasteiger partial charge is 0.314 e. The average molecular weight is 286 g/mol. The van der Waals surface area contributed by atoms with Crippen LogP contribution in [0.3, 0.4) is 0 Å². The molecule has 0 spiro atoms. The second kappa shape index (κ2) is 5.91. The second-order valence-corrected chi connectivity index (χ2v) is 5.93. The summed E-state index contributed by atoms with van der Waals surface area (Å²) in [6, 6.07) is 10.0. The van der Waals surface area contributed by atoms with Crippen molar-refractivity contribution in [2.45, 2.75) is 31.8 Å². The summed E-state index contributed by atoms with van der Waals surface area (Å²) in [6.07, 6.45) is 2.30. The molecule has 1 aromatic heterocycles. The Kier molecular flexibility index (Phi) is 3.98. The number of aromatic nitrogens is 4. The third-order valence-corrected chi connectivity index (χ3v) is 4.46. The molecule has 1 aliphatic heterocycles. The van der Waals surface area contributed by atoms with Crippen LogP contribution in [0.1, 0.15) is 25.6 Å². The van der Waals surface area contributed by atoms with Gasteiger partial charge in [-0.05, 0) is 49.4 Å². The molecular weight excluding hydrogens is 264 g/mol. The monoisotopic (exact) mass is 286 g/mol. The Labute approximate surface area is 125 Å². The first kappa shape index (κ1) is 14.2. The van der Waals surface area contributed by atoms with E-state index in [-0.39, 0.29) is 5.54 Å². The van der Waals surface area contributed by atoms with Gasteiger partial charge < -0.3 is 5.32 Å². The minimum atomic E-state index is 0.266. The van der Waals surface area contributed by atoms with Crippen LogP contribution in [0.15, 0.2) is 30.3 Å². The molecule has 0 unspecified atom stereocenters. The molecule has 1 aromatic carbocycles. The third kappa shape index (κ3) is 3.11. The number of tetrazole rings is 1. The molecule has 1 fully saturated rings. The van der Waals surface area contributed by atoms with E-state index in [1.165, 1.54) is 0 Å². The van der Waals surface area contributed by atoms with Crippen molar-refractivity contribution in [3.8, 4) is 5.69 Å². The molecule has 21 heavy (non-hydrogen) atoms. The van der Waals surface area contributed by atoms with E-state index in [4.69, 9.17) is 0 Å². The number of benzene rings is 1. The summed E-state index contributed by atoms with van der Waals surface area (Å²) in [5.74, 6) is 0.897. The topological polar surface area (TPSA) is 58.9 Å². The summed E-state index contributed by atoms with van der Waals surface area (Å²) in [4.78, 5) is 2.42. The summed E-state index contributed by atoms with van der Waals surface area (Å²) in [5, 5.41) is 15.6. The lowest BCUT2D eigenvalue weighted by Gasteiger charge is -2.39. The van der Waals surface area contributed by atoms with Gasteiger partial charge in [0.2, 0.25) is 0 Å². The van der Waals surface area contributed by atoms with Crippen LogP contribution in [0.25, 0.3) is 5.69 Å². The van der Waals surface area contributed by atoms with Gasteiger partial charge in [-0.2, -0.15) is 4.68 Å². The van der Waals surface area contributed by atoms with Gasteiger partial charge in [-0.15, -0.1) is 5.10 Å². The van der Waals surface area contributed by atoms with Crippen molar-refractivity contribution in [1.82, 2.24) is 30.4 Å². The van der Waals surface area contributed by atoms with Crippen LogP contribution < -0.4 is 5.32 Å². The number of hydrogen-bond acceptors (Lipinski definition) is 5. The SMILES string of the molecule is CNC1(C)CCN(Cc2nnnn2-c2ccccc2)CC1. The lowest BCUT2D eigenvalue weighted by molar-refractivity contribution is 0.143. The van der Waals surface area contributed by atoms with Crippen LogP contribution >= 0.6 is 0 Å². The lowest BCUT2D eigenvalue weighted by Crippen LogP contribution is -2.49. The minimum Gasteiger partial charge on any atom is -0.314 e. The fourth-order valence-corrected chi connectivity index (χ4v) is 2.73. The van der Waals surface area contributed by atoms with Crippen molar-refractivity contribution in [3.63, 3.8) is 0 Å². The van der Waals surface area contributed by atoms with E-state index in [1.807, 2.05) is 42.1 Å². The van der Waals surface area contributed by atoms with Gasteiger partial charge in [-0.3, -0.25) is 4.90 Å². The molecule has 6 nitrogen and oxygen atoms in total. The quantitative estimate of drug-likeness (QED) is 0.916. The van der Waals surface area contributed by atoms with E-state index >= 15 is 0 Å². The molecule has 3 rings (SSSR count). The summed E-state index contributed by atoms with van der Waals surface area (Å²) in [7, 11) is 2.05. The highest BCUT2D eigenvalue weighted by Crippen LogP contribution is 2.22. The lowest BCUT2D eigenvalue weighted by atomic mass is 9.90. The van der Waals surface area contributed by atoms with Gasteiger partial charge in [0.1, 0.15) is 0 Å². The first-order valence-corrected chi connectivity index (χ1v) is 7.44. The van der Waals surface area contributed by atoms with Gasteiger partial charge in [-0.25, -0.2) is 0 Å². The maximum absolute atomic E-state index is 4.19. The van der Waals surface area contributed by atoms with Gasteiger partial charge >= 0.3 is 0 Å². The van der Waals surface area contributed by atoms with Crippen LogP contribution in [0, 0.1) is 0 Å². The molecule has 0 aliphatic carbocycles. The molecule has 1 N–H and O–H groups in total. The first-order chi connectivity index (χ1) is 10.2. The molecule has 112 valence electrons. The Morgan fingerprint density at radius 3 is 2.57 bits per heavy atom. The Morgan fingerprint density at radius 2 is 1.90 bits per heavy atom. The fourth-order valence-electron chi connectivity index (χ4n) is 2.73. The highest BCUT2D eigenvalue weighted by atomic mass is 15.5. The second-order valence-electron chi connectivity index (χ2n) is 5.93. The molecule has 0 radical (unpaired) electrons. The number of nitrogens with zero attached hydrogens (tertiary/aromatic N) is 5. The molecule has 0 atom stereocenters. The van der Waals surface area contributed by atoms with Crippen molar-refractivity contribution < 1.29 is 0 Å². The summed E-state index contributed by atoms with van der Waals surface area (Å²) in [5.41, 5.74) is 1.27. The highest BCUT2D eigenvalue weighted by molar-refractivity contribution is 5.30. The predicted molar refractivity (Wildman–Crippen MR) is 81.1 cm³/mol. The maximum atomic E-state index is 4.19. The van der Waals surface area contributed by atoms with Crippen molar-refractivity contribution in [3.05, 3.63) is 36.2 Å². The smallest absolute Gasteiger partial charge is 0.170 e. The number of nitrogens with one attached hydrogen (secondary N) is 1. The van der Waals surface area contributed by atoms with Crippen LogP contribution in [0.4, 0.5) is 0 Å². The van der Waals surface area contributed by atoms with E-state index in [1.54, 1.807) is 0 Å². The number of hydrogen-bond donors (Lipinski definition) is 1. The predicted octanol–water partition coefficient (Wildman–Crippen LogP) is 1.24. The molecule has 1 aliphatic rings. The molecule has 0 bridgehead atoms. The molecular formula is C15H22N6. The van der Waals surface area contributed by atoms with E-state index in [0.717, 1.165) is 44.0 Å². The van der Waals surface area contributed by atoms with Crippen molar-refractivity contribution in [1.29, 1.82) is 0 Å². The Morgan fingerprint density at radius 1 is 1.19 bits per heavy atom. The zero-order valence-corrected chi connectivity index (χ0v) is 12.7. The Bertz CT molecular complexity index is 571.